The van der Waals surface area contributed by atoms with E-state index in [-0.39, 0.29) is 18.3 Å². The molecule has 0 aliphatic carbocycles. The fourth-order valence-corrected chi connectivity index (χ4v) is 4.28. The molecule has 0 bridgehead atoms. The number of ether oxygens (including phenoxy) is 1. The molecule has 0 radical (unpaired) electrons. The molecule has 6 heteroatoms. The summed E-state index contributed by atoms with van der Waals surface area (Å²) < 4.78 is 5.27. The number of nitrogens with one attached hydrogen (secondary N) is 1. The van der Waals surface area contributed by atoms with E-state index in [0.29, 0.717) is 29.0 Å². The minimum atomic E-state index is -0.584. The van der Waals surface area contributed by atoms with Crippen molar-refractivity contribution in [1.82, 2.24) is 0 Å². The van der Waals surface area contributed by atoms with E-state index >= 15 is 0 Å². The first kappa shape index (κ1) is 20.1. The summed E-state index contributed by atoms with van der Waals surface area (Å²) in [5, 5.41) is 2.80. The molecule has 28 heavy (non-hydrogen) atoms. The molecule has 2 aromatic rings. The summed E-state index contributed by atoms with van der Waals surface area (Å²) in [6.45, 7) is 7.48. The predicted octanol–water partition coefficient (Wildman–Crippen LogP) is 4.39. The van der Waals surface area contributed by atoms with Crippen molar-refractivity contribution >= 4 is 35.1 Å². The largest absolute Gasteiger partial charge is 0.454 e. The maximum atomic E-state index is 12.7. The molecule has 3 rings (SSSR count). The van der Waals surface area contributed by atoms with Crippen molar-refractivity contribution in [1.29, 1.82) is 0 Å². The molecule has 0 atom stereocenters. The molecule has 1 aliphatic rings. The first-order valence-corrected chi connectivity index (χ1v) is 10.1. The third-order valence-corrected chi connectivity index (χ3v) is 6.12. The molecule has 1 aliphatic heterocycles. The molecule has 1 amide bonds. The molecule has 0 saturated heterocycles. The lowest BCUT2D eigenvalue weighted by molar-refractivity contribution is -0.115. The second-order valence-corrected chi connectivity index (χ2v) is 8.13. The lowest BCUT2D eigenvalue weighted by Gasteiger charge is -2.14. The van der Waals surface area contributed by atoms with Crippen LogP contribution in [0, 0.1) is 27.7 Å². The van der Waals surface area contributed by atoms with E-state index in [9.17, 15) is 14.4 Å². The molecular formula is C22H23NO4S. The highest BCUT2D eigenvalue weighted by Crippen LogP contribution is 2.31. The van der Waals surface area contributed by atoms with Crippen LogP contribution in [0.4, 0.5) is 5.69 Å². The second kappa shape index (κ2) is 8.19. The van der Waals surface area contributed by atoms with Gasteiger partial charge in [-0.2, -0.15) is 0 Å². The van der Waals surface area contributed by atoms with Crippen LogP contribution in [0.15, 0.2) is 29.2 Å². The van der Waals surface area contributed by atoms with Crippen molar-refractivity contribution in [2.45, 2.75) is 39.0 Å². The van der Waals surface area contributed by atoms with Gasteiger partial charge in [0.05, 0.1) is 11.3 Å². The Balaban J connectivity index is 1.74. The van der Waals surface area contributed by atoms with Gasteiger partial charge in [0.2, 0.25) is 11.7 Å². The molecule has 5 nitrogen and oxygen atoms in total. The summed E-state index contributed by atoms with van der Waals surface area (Å²) in [6, 6.07) is 7.03. The Morgan fingerprint density at radius 3 is 2.57 bits per heavy atom. The Morgan fingerprint density at radius 2 is 1.82 bits per heavy atom. The molecule has 0 fully saturated rings. The van der Waals surface area contributed by atoms with E-state index in [2.05, 4.69) is 5.32 Å². The molecule has 0 unspecified atom stereocenters. The Labute approximate surface area is 168 Å². The number of carbonyl (C=O) groups is 3. The van der Waals surface area contributed by atoms with E-state index in [4.69, 9.17) is 4.74 Å². The molecule has 1 heterocycles. The zero-order valence-electron chi connectivity index (χ0n) is 16.5. The van der Waals surface area contributed by atoms with Gasteiger partial charge in [-0.05, 0) is 68.1 Å². The van der Waals surface area contributed by atoms with Crippen molar-refractivity contribution in [2.24, 2.45) is 0 Å². The number of fused-ring (bicyclic) bond motifs is 1. The van der Waals surface area contributed by atoms with Crippen LogP contribution < -0.4 is 5.32 Å². The lowest BCUT2D eigenvalue weighted by atomic mass is 9.92. The van der Waals surface area contributed by atoms with Crippen LogP contribution in [0.1, 0.15) is 49.4 Å². The fourth-order valence-electron chi connectivity index (χ4n) is 3.35. The maximum absolute atomic E-state index is 12.7. The van der Waals surface area contributed by atoms with E-state index in [1.165, 1.54) is 0 Å². The number of ketones is 1. The third kappa shape index (κ3) is 4.12. The number of Topliss-reactive ketones (excluding diaryl/α,β-unsaturated/α-hetero) is 1. The number of anilines is 1. The van der Waals surface area contributed by atoms with Crippen LogP contribution in [-0.4, -0.2) is 30.0 Å². The van der Waals surface area contributed by atoms with Gasteiger partial charge in [0.1, 0.15) is 0 Å². The summed E-state index contributed by atoms with van der Waals surface area (Å²) in [7, 11) is 0. The van der Waals surface area contributed by atoms with Gasteiger partial charge in [-0.1, -0.05) is 6.07 Å². The summed E-state index contributed by atoms with van der Waals surface area (Å²) in [5.41, 5.74) is 5.53. The van der Waals surface area contributed by atoms with Gasteiger partial charge in [0, 0.05) is 22.6 Å². The lowest BCUT2D eigenvalue weighted by Crippen LogP contribution is -2.17. The van der Waals surface area contributed by atoms with Gasteiger partial charge in [0.25, 0.3) is 0 Å². The smallest absolute Gasteiger partial charge is 0.338 e. The predicted molar refractivity (Wildman–Crippen MR) is 110 cm³/mol. The van der Waals surface area contributed by atoms with Crippen molar-refractivity contribution in [3.05, 3.63) is 57.6 Å². The number of thioether (sulfide) groups is 1. The Bertz CT molecular complexity index is 981. The van der Waals surface area contributed by atoms with Crippen LogP contribution in [0.2, 0.25) is 0 Å². The summed E-state index contributed by atoms with van der Waals surface area (Å²) >= 11 is 1.57. The minimum absolute atomic E-state index is 0.0763. The first-order chi connectivity index (χ1) is 13.3. The molecule has 0 saturated carbocycles. The number of esters is 1. The number of benzene rings is 2. The highest BCUT2D eigenvalue weighted by molar-refractivity contribution is 7.99. The average Bonchev–Trinajstić information content (AvgIpc) is 2.84. The van der Waals surface area contributed by atoms with E-state index in [0.717, 1.165) is 27.1 Å². The van der Waals surface area contributed by atoms with Gasteiger partial charge < -0.3 is 10.1 Å². The highest BCUT2D eigenvalue weighted by atomic mass is 32.2. The quantitative estimate of drug-likeness (QED) is 0.612. The van der Waals surface area contributed by atoms with Crippen molar-refractivity contribution in [3.8, 4) is 0 Å². The van der Waals surface area contributed by atoms with Crippen LogP contribution >= 0.6 is 11.8 Å². The standard InChI is InChI=1S/C22H23NO4S/c1-12-9-13(2)21(15(4)14(12)3)18(24)11-27-22(26)16-5-6-19-17(10-16)23-20(25)7-8-28-19/h5-6,9-10H,7-8,11H2,1-4H3,(H,23,25). The van der Waals surface area contributed by atoms with E-state index in [1.54, 1.807) is 30.0 Å². The maximum Gasteiger partial charge on any atom is 0.338 e. The Kier molecular flexibility index (Phi) is 5.89. The monoisotopic (exact) mass is 397 g/mol. The summed E-state index contributed by atoms with van der Waals surface area (Å²) in [6.07, 6.45) is 0.433. The van der Waals surface area contributed by atoms with Crippen molar-refractivity contribution in [3.63, 3.8) is 0 Å². The van der Waals surface area contributed by atoms with E-state index < -0.39 is 5.97 Å². The first-order valence-electron chi connectivity index (χ1n) is 9.12. The molecule has 0 aromatic heterocycles. The Morgan fingerprint density at radius 1 is 1.07 bits per heavy atom. The molecule has 0 spiro atoms. The van der Waals surface area contributed by atoms with Gasteiger partial charge in [-0.25, -0.2) is 4.79 Å². The van der Waals surface area contributed by atoms with Crippen LogP contribution in [-0.2, 0) is 9.53 Å². The molecular weight excluding hydrogens is 374 g/mol. The van der Waals surface area contributed by atoms with Gasteiger partial charge in [-0.15, -0.1) is 11.8 Å². The normalized spacial score (nSPS) is 13.4. The third-order valence-electron chi connectivity index (χ3n) is 5.05. The van der Waals surface area contributed by atoms with Crippen LogP contribution in [0.3, 0.4) is 0 Å². The number of rotatable bonds is 4. The number of hydrogen-bond donors (Lipinski definition) is 1. The van der Waals surface area contributed by atoms with E-state index in [1.807, 2.05) is 33.8 Å². The number of amides is 1. The SMILES string of the molecule is Cc1cc(C)c(C(=O)COC(=O)c2ccc3c(c2)NC(=O)CCS3)c(C)c1C. The van der Waals surface area contributed by atoms with Gasteiger partial charge >= 0.3 is 5.97 Å². The number of aryl methyl sites for hydroxylation is 2. The fraction of sp³-hybridized carbons (Fsp3) is 0.318. The van der Waals surface area contributed by atoms with Crippen molar-refractivity contribution < 1.29 is 19.1 Å². The summed E-state index contributed by atoms with van der Waals surface area (Å²) in [5.74, 6) is -0.178. The zero-order chi connectivity index (χ0) is 20.4. The van der Waals surface area contributed by atoms with Gasteiger partial charge in [-0.3, -0.25) is 9.59 Å². The summed E-state index contributed by atoms with van der Waals surface area (Å²) in [4.78, 5) is 37.7. The topological polar surface area (TPSA) is 72.5 Å². The number of hydrogen-bond acceptors (Lipinski definition) is 5. The highest BCUT2D eigenvalue weighted by Gasteiger charge is 2.19. The second-order valence-electron chi connectivity index (χ2n) is 6.99. The number of carbonyl (C=O) groups excluding carboxylic acids is 3. The van der Waals surface area contributed by atoms with Gasteiger partial charge in [0.15, 0.2) is 6.61 Å². The molecule has 146 valence electrons. The molecule has 1 N–H and O–H groups in total. The van der Waals surface area contributed by atoms with Crippen molar-refractivity contribution in [2.75, 3.05) is 17.7 Å². The average molecular weight is 397 g/mol. The molecule has 2 aromatic carbocycles. The Hall–Kier alpha value is -2.60. The minimum Gasteiger partial charge on any atom is -0.454 e. The van der Waals surface area contributed by atoms with Crippen LogP contribution in [0.25, 0.3) is 0 Å². The van der Waals surface area contributed by atoms with Crippen LogP contribution in [0.5, 0.6) is 0 Å². The zero-order valence-corrected chi connectivity index (χ0v) is 17.3.